The minimum Gasteiger partial charge on any atom is -0.235 e. The van der Waals surface area contributed by atoms with Crippen molar-refractivity contribution >= 4 is 11.6 Å². The average Bonchev–Trinajstić information content (AvgIpc) is 2.28. The van der Waals surface area contributed by atoms with Crippen LogP contribution in [0.2, 0.25) is 5.15 Å². The summed E-state index contributed by atoms with van der Waals surface area (Å²) in [6, 6.07) is 11.1. The summed E-state index contributed by atoms with van der Waals surface area (Å²) in [6.07, 6.45) is -4.47. The fourth-order valence-corrected chi connectivity index (χ4v) is 1.68. The number of aromatic nitrogens is 1. The van der Waals surface area contributed by atoms with Crippen molar-refractivity contribution in [3.8, 4) is 11.3 Å². The van der Waals surface area contributed by atoms with Crippen LogP contribution < -0.4 is 0 Å². The molecule has 0 radical (unpaired) electrons. The molecule has 0 saturated heterocycles. The lowest BCUT2D eigenvalue weighted by Gasteiger charge is -2.09. The van der Waals surface area contributed by atoms with Gasteiger partial charge in [-0.15, -0.1) is 0 Å². The van der Waals surface area contributed by atoms with Crippen molar-refractivity contribution in [2.45, 2.75) is 6.18 Å². The highest BCUT2D eigenvalue weighted by molar-refractivity contribution is 6.30. The van der Waals surface area contributed by atoms with Crippen molar-refractivity contribution in [3.05, 3.63) is 53.2 Å². The van der Waals surface area contributed by atoms with Gasteiger partial charge < -0.3 is 0 Å². The van der Waals surface area contributed by atoms with Gasteiger partial charge in [0.25, 0.3) is 0 Å². The number of hydrogen-bond donors (Lipinski definition) is 0. The Morgan fingerprint density at radius 3 is 2.12 bits per heavy atom. The Morgan fingerprint density at radius 2 is 1.59 bits per heavy atom. The van der Waals surface area contributed by atoms with Crippen molar-refractivity contribution in [3.63, 3.8) is 0 Å². The Balaban J connectivity index is 2.45. The standard InChI is InChI=1S/C12H7ClF3N/c13-11-9(12(14,15)16)6-7-10(17-11)8-4-2-1-3-5-8/h1-7H. The quantitative estimate of drug-likeness (QED) is 0.689. The van der Waals surface area contributed by atoms with E-state index in [9.17, 15) is 13.2 Å². The predicted molar refractivity (Wildman–Crippen MR) is 59.7 cm³/mol. The Kier molecular flexibility index (Phi) is 3.07. The average molecular weight is 258 g/mol. The summed E-state index contributed by atoms with van der Waals surface area (Å²) < 4.78 is 37.4. The van der Waals surface area contributed by atoms with Crippen LogP contribution >= 0.6 is 11.6 Å². The molecular weight excluding hydrogens is 251 g/mol. The molecule has 88 valence electrons. The number of halogens is 4. The van der Waals surface area contributed by atoms with E-state index in [0.717, 1.165) is 11.6 Å². The highest BCUT2D eigenvalue weighted by atomic mass is 35.5. The maximum Gasteiger partial charge on any atom is 0.419 e. The van der Waals surface area contributed by atoms with Crippen LogP contribution in [0.15, 0.2) is 42.5 Å². The van der Waals surface area contributed by atoms with E-state index in [2.05, 4.69) is 4.98 Å². The minimum absolute atomic E-state index is 0.420. The van der Waals surface area contributed by atoms with E-state index in [4.69, 9.17) is 11.6 Å². The first-order chi connectivity index (χ1) is 7.98. The van der Waals surface area contributed by atoms with Gasteiger partial charge in [-0.2, -0.15) is 13.2 Å². The molecule has 1 heterocycles. The summed E-state index contributed by atoms with van der Waals surface area (Å²) in [5.41, 5.74) is 0.227. The zero-order valence-electron chi connectivity index (χ0n) is 8.50. The van der Waals surface area contributed by atoms with Gasteiger partial charge in [-0.1, -0.05) is 41.9 Å². The van der Waals surface area contributed by atoms with Crippen LogP contribution in [0.5, 0.6) is 0 Å². The van der Waals surface area contributed by atoms with Gasteiger partial charge in [0.15, 0.2) is 0 Å². The molecule has 17 heavy (non-hydrogen) atoms. The van der Waals surface area contributed by atoms with Gasteiger partial charge in [-0.3, -0.25) is 0 Å². The third-order valence-corrected chi connectivity index (χ3v) is 2.51. The van der Waals surface area contributed by atoms with Crippen LogP contribution in [0.3, 0.4) is 0 Å². The Morgan fingerprint density at radius 1 is 0.941 bits per heavy atom. The van der Waals surface area contributed by atoms with E-state index in [1.165, 1.54) is 6.07 Å². The lowest BCUT2D eigenvalue weighted by molar-refractivity contribution is -0.137. The third kappa shape index (κ3) is 2.58. The first-order valence-electron chi connectivity index (χ1n) is 4.77. The maximum atomic E-state index is 12.5. The molecule has 0 aliphatic heterocycles. The van der Waals surface area contributed by atoms with E-state index < -0.39 is 16.9 Å². The lowest BCUT2D eigenvalue weighted by atomic mass is 10.1. The lowest BCUT2D eigenvalue weighted by Crippen LogP contribution is -2.06. The van der Waals surface area contributed by atoms with Crippen molar-refractivity contribution in [1.29, 1.82) is 0 Å². The molecule has 0 fully saturated rings. The monoisotopic (exact) mass is 257 g/mol. The summed E-state index contributed by atoms with van der Waals surface area (Å²) >= 11 is 5.53. The molecule has 1 nitrogen and oxygen atoms in total. The van der Waals surface area contributed by atoms with Gasteiger partial charge >= 0.3 is 6.18 Å². The number of pyridine rings is 1. The Hall–Kier alpha value is -1.55. The molecule has 0 unspecified atom stereocenters. The van der Waals surface area contributed by atoms with Gasteiger partial charge in [-0.05, 0) is 12.1 Å². The Labute approximate surface area is 101 Å². The van der Waals surface area contributed by atoms with E-state index in [1.807, 2.05) is 6.07 Å². The second-order valence-corrected chi connectivity index (χ2v) is 3.76. The van der Waals surface area contributed by atoms with Crippen molar-refractivity contribution < 1.29 is 13.2 Å². The van der Waals surface area contributed by atoms with Gasteiger partial charge in [0.1, 0.15) is 5.15 Å². The van der Waals surface area contributed by atoms with E-state index >= 15 is 0 Å². The largest absolute Gasteiger partial charge is 0.419 e. The first kappa shape index (κ1) is 11.9. The molecule has 0 atom stereocenters. The third-order valence-electron chi connectivity index (χ3n) is 2.22. The highest BCUT2D eigenvalue weighted by Gasteiger charge is 2.33. The topological polar surface area (TPSA) is 12.9 Å². The highest BCUT2D eigenvalue weighted by Crippen LogP contribution is 2.34. The molecule has 2 rings (SSSR count). The van der Waals surface area contributed by atoms with Crippen LogP contribution in [-0.4, -0.2) is 4.98 Å². The summed E-state index contributed by atoms with van der Waals surface area (Å²) in [5, 5.41) is -0.529. The molecule has 5 heteroatoms. The molecule has 2 aromatic rings. The van der Waals surface area contributed by atoms with Crippen molar-refractivity contribution in [2.75, 3.05) is 0 Å². The number of hydrogen-bond acceptors (Lipinski definition) is 1. The predicted octanol–water partition coefficient (Wildman–Crippen LogP) is 4.42. The normalized spacial score (nSPS) is 11.5. The first-order valence-corrected chi connectivity index (χ1v) is 5.15. The molecule has 0 N–H and O–H groups in total. The zero-order chi connectivity index (χ0) is 12.5. The smallest absolute Gasteiger partial charge is 0.235 e. The molecule has 1 aromatic carbocycles. The van der Waals surface area contributed by atoms with Crippen LogP contribution in [-0.2, 0) is 6.18 Å². The van der Waals surface area contributed by atoms with Crippen LogP contribution in [0.1, 0.15) is 5.56 Å². The fraction of sp³-hybridized carbons (Fsp3) is 0.0833. The second kappa shape index (κ2) is 4.37. The molecule has 0 spiro atoms. The number of rotatable bonds is 1. The number of alkyl halides is 3. The van der Waals surface area contributed by atoms with Crippen LogP contribution in [0.4, 0.5) is 13.2 Å². The van der Waals surface area contributed by atoms with Crippen molar-refractivity contribution in [2.24, 2.45) is 0 Å². The van der Waals surface area contributed by atoms with Gasteiger partial charge in [0, 0.05) is 5.56 Å². The van der Waals surface area contributed by atoms with Crippen LogP contribution in [0.25, 0.3) is 11.3 Å². The molecule has 1 aromatic heterocycles. The molecular formula is C12H7ClF3N. The van der Waals surface area contributed by atoms with E-state index in [0.29, 0.717) is 5.69 Å². The summed E-state index contributed by atoms with van der Waals surface area (Å²) in [5.74, 6) is 0. The molecule has 0 aliphatic rings. The summed E-state index contributed by atoms with van der Waals surface area (Å²) in [6.45, 7) is 0. The second-order valence-electron chi connectivity index (χ2n) is 3.40. The van der Waals surface area contributed by atoms with Gasteiger partial charge in [0.05, 0.1) is 11.3 Å². The Bertz CT molecular complexity index is 523. The van der Waals surface area contributed by atoms with E-state index in [1.54, 1.807) is 24.3 Å². The van der Waals surface area contributed by atoms with Crippen LogP contribution in [0, 0.1) is 0 Å². The number of nitrogens with zero attached hydrogens (tertiary/aromatic N) is 1. The van der Waals surface area contributed by atoms with Crippen molar-refractivity contribution in [1.82, 2.24) is 4.98 Å². The summed E-state index contributed by atoms with van der Waals surface area (Å²) in [4.78, 5) is 3.76. The SMILES string of the molecule is FC(F)(F)c1ccc(-c2ccccc2)nc1Cl. The fourth-order valence-electron chi connectivity index (χ4n) is 1.42. The van der Waals surface area contributed by atoms with Gasteiger partial charge in [-0.25, -0.2) is 4.98 Å². The maximum absolute atomic E-state index is 12.5. The molecule has 0 bridgehead atoms. The summed E-state index contributed by atoms with van der Waals surface area (Å²) in [7, 11) is 0. The number of benzene rings is 1. The minimum atomic E-state index is -4.47. The molecule has 0 aliphatic carbocycles. The van der Waals surface area contributed by atoms with E-state index in [-0.39, 0.29) is 0 Å². The van der Waals surface area contributed by atoms with Gasteiger partial charge in [0.2, 0.25) is 0 Å². The molecule has 0 saturated carbocycles. The molecule has 0 amide bonds. The zero-order valence-corrected chi connectivity index (χ0v) is 9.26.